The number of H-pyrrole nitrogens is 1. The maximum Gasteiger partial charge on any atom is 0.226 e. The molecule has 0 fully saturated rings. The Balaban J connectivity index is 2.09. The van der Waals surface area contributed by atoms with E-state index in [-0.39, 0.29) is 11.3 Å². The monoisotopic (exact) mass is 290 g/mol. The number of rotatable bonds is 3. The van der Waals surface area contributed by atoms with Gasteiger partial charge in [0.1, 0.15) is 17.5 Å². The van der Waals surface area contributed by atoms with E-state index in [1.54, 1.807) is 7.05 Å². The zero-order valence-corrected chi connectivity index (χ0v) is 11.3. The summed E-state index contributed by atoms with van der Waals surface area (Å²) in [4.78, 5) is 8.36. The maximum atomic E-state index is 13.9. The van der Waals surface area contributed by atoms with Crippen molar-refractivity contribution in [3.05, 3.63) is 35.5 Å². The number of hydrogen-bond donors (Lipinski definition) is 3. The first-order valence-electron chi connectivity index (χ1n) is 6.20. The van der Waals surface area contributed by atoms with Crippen molar-refractivity contribution in [3.8, 4) is 0 Å². The topological polar surface area (TPSA) is 78.5 Å². The van der Waals surface area contributed by atoms with Gasteiger partial charge in [-0.05, 0) is 18.6 Å². The number of aromatic amines is 1. The standard InChI is InChI=1S/C13H12F2N6/c1-6-3-9(15)10(4-8(6)14)18-11-7-5-17-21-12(7)20-13(16-2)19-11/h3-5H,1-2H3,(H3,16,17,18,19,20,21). The molecule has 2 aromatic heterocycles. The van der Waals surface area contributed by atoms with E-state index in [9.17, 15) is 8.78 Å². The molecule has 0 radical (unpaired) electrons. The number of benzene rings is 1. The van der Waals surface area contributed by atoms with Crippen molar-refractivity contribution < 1.29 is 8.78 Å². The lowest BCUT2D eigenvalue weighted by Crippen LogP contribution is -2.03. The predicted octanol–water partition coefficient (Wildman–Crippen LogP) is 2.72. The highest BCUT2D eigenvalue weighted by atomic mass is 19.1. The fourth-order valence-corrected chi connectivity index (χ4v) is 1.91. The van der Waals surface area contributed by atoms with Gasteiger partial charge in [-0.2, -0.15) is 15.1 Å². The molecule has 3 aromatic rings. The van der Waals surface area contributed by atoms with Gasteiger partial charge >= 0.3 is 0 Å². The molecule has 21 heavy (non-hydrogen) atoms. The minimum absolute atomic E-state index is 0.00125. The van der Waals surface area contributed by atoms with Gasteiger partial charge in [0, 0.05) is 13.1 Å². The lowest BCUT2D eigenvalue weighted by Gasteiger charge is -2.10. The van der Waals surface area contributed by atoms with Crippen LogP contribution >= 0.6 is 0 Å². The first-order chi connectivity index (χ1) is 10.1. The van der Waals surface area contributed by atoms with Gasteiger partial charge in [-0.3, -0.25) is 5.10 Å². The quantitative estimate of drug-likeness (QED) is 0.691. The van der Waals surface area contributed by atoms with Crippen molar-refractivity contribution in [1.29, 1.82) is 0 Å². The Morgan fingerprint density at radius 1 is 1.14 bits per heavy atom. The van der Waals surface area contributed by atoms with Crippen molar-refractivity contribution >= 4 is 28.5 Å². The van der Waals surface area contributed by atoms with E-state index in [2.05, 4.69) is 30.8 Å². The van der Waals surface area contributed by atoms with E-state index in [1.165, 1.54) is 13.1 Å². The fourth-order valence-electron chi connectivity index (χ4n) is 1.91. The van der Waals surface area contributed by atoms with Crippen LogP contribution in [-0.2, 0) is 0 Å². The van der Waals surface area contributed by atoms with Gasteiger partial charge in [0.25, 0.3) is 0 Å². The zero-order chi connectivity index (χ0) is 15.0. The van der Waals surface area contributed by atoms with Crippen molar-refractivity contribution in [3.63, 3.8) is 0 Å². The normalized spacial score (nSPS) is 10.9. The highest BCUT2D eigenvalue weighted by molar-refractivity contribution is 5.89. The molecule has 0 aliphatic carbocycles. The predicted molar refractivity (Wildman–Crippen MR) is 75.6 cm³/mol. The third-order valence-electron chi connectivity index (χ3n) is 3.03. The van der Waals surface area contributed by atoms with Crippen LogP contribution in [-0.4, -0.2) is 27.2 Å². The van der Waals surface area contributed by atoms with Crippen molar-refractivity contribution in [2.24, 2.45) is 0 Å². The van der Waals surface area contributed by atoms with Gasteiger partial charge in [0.15, 0.2) is 5.65 Å². The van der Waals surface area contributed by atoms with E-state index in [0.717, 1.165) is 12.1 Å². The van der Waals surface area contributed by atoms with Crippen molar-refractivity contribution in [2.75, 3.05) is 17.7 Å². The summed E-state index contributed by atoms with van der Waals surface area (Å²) in [5.74, 6) is -0.386. The van der Waals surface area contributed by atoms with Gasteiger partial charge in [-0.1, -0.05) is 0 Å². The van der Waals surface area contributed by atoms with Crippen LogP contribution in [0.2, 0.25) is 0 Å². The molecule has 3 N–H and O–H groups in total. The summed E-state index contributed by atoms with van der Waals surface area (Å²) < 4.78 is 27.5. The molecule has 2 heterocycles. The molecule has 0 aliphatic heterocycles. The fraction of sp³-hybridized carbons (Fsp3) is 0.154. The average molecular weight is 290 g/mol. The lowest BCUT2D eigenvalue weighted by atomic mass is 10.2. The molecule has 0 spiro atoms. The smallest absolute Gasteiger partial charge is 0.226 e. The summed E-state index contributed by atoms with van der Waals surface area (Å²) in [5.41, 5.74) is 0.733. The number of hydrogen-bond acceptors (Lipinski definition) is 5. The van der Waals surface area contributed by atoms with Crippen LogP contribution in [0.15, 0.2) is 18.3 Å². The summed E-state index contributed by atoms with van der Waals surface area (Å²) >= 11 is 0. The molecule has 0 saturated carbocycles. The third kappa shape index (κ3) is 2.35. The molecule has 1 aromatic carbocycles. The van der Waals surface area contributed by atoms with Crippen LogP contribution in [0.3, 0.4) is 0 Å². The van der Waals surface area contributed by atoms with E-state index in [0.29, 0.717) is 22.8 Å². The number of fused-ring (bicyclic) bond motifs is 1. The van der Waals surface area contributed by atoms with Crippen LogP contribution in [0.1, 0.15) is 5.56 Å². The molecule has 0 amide bonds. The Morgan fingerprint density at radius 3 is 2.71 bits per heavy atom. The van der Waals surface area contributed by atoms with Gasteiger partial charge < -0.3 is 10.6 Å². The minimum atomic E-state index is -0.560. The molecule has 108 valence electrons. The molecule has 6 nitrogen and oxygen atoms in total. The number of nitrogens with zero attached hydrogens (tertiary/aromatic N) is 3. The number of aryl methyl sites for hydroxylation is 1. The average Bonchev–Trinajstić information content (AvgIpc) is 2.93. The first kappa shape index (κ1) is 13.2. The summed E-state index contributed by atoms with van der Waals surface area (Å²) in [7, 11) is 1.66. The van der Waals surface area contributed by atoms with E-state index >= 15 is 0 Å². The van der Waals surface area contributed by atoms with Gasteiger partial charge in [-0.25, -0.2) is 8.78 Å². The highest BCUT2D eigenvalue weighted by Gasteiger charge is 2.13. The summed E-state index contributed by atoms with van der Waals surface area (Å²) in [6.07, 6.45) is 1.51. The largest absolute Gasteiger partial charge is 0.357 e. The number of halogens is 2. The van der Waals surface area contributed by atoms with E-state index < -0.39 is 11.6 Å². The molecule has 3 rings (SSSR count). The molecule has 0 bridgehead atoms. The Hall–Kier alpha value is -2.77. The molecule has 0 atom stereocenters. The lowest BCUT2D eigenvalue weighted by molar-refractivity contribution is 0.595. The second-order valence-corrected chi connectivity index (χ2v) is 4.48. The second-order valence-electron chi connectivity index (χ2n) is 4.48. The maximum absolute atomic E-state index is 13.9. The molecular formula is C13H12F2N6. The number of nitrogens with one attached hydrogen (secondary N) is 3. The molecular weight excluding hydrogens is 278 g/mol. The highest BCUT2D eigenvalue weighted by Crippen LogP contribution is 2.26. The summed E-state index contributed by atoms with van der Waals surface area (Å²) in [6, 6.07) is 2.22. The van der Waals surface area contributed by atoms with Crippen LogP contribution in [0.4, 0.5) is 26.2 Å². The van der Waals surface area contributed by atoms with Crippen LogP contribution in [0.5, 0.6) is 0 Å². The van der Waals surface area contributed by atoms with E-state index in [1.807, 2.05) is 0 Å². The first-order valence-corrected chi connectivity index (χ1v) is 6.20. The Kier molecular flexibility index (Phi) is 3.13. The van der Waals surface area contributed by atoms with Gasteiger partial charge in [-0.15, -0.1) is 0 Å². The summed E-state index contributed by atoms with van der Waals surface area (Å²) in [6.45, 7) is 1.50. The van der Waals surface area contributed by atoms with Crippen LogP contribution < -0.4 is 10.6 Å². The van der Waals surface area contributed by atoms with E-state index in [4.69, 9.17) is 0 Å². The van der Waals surface area contributed by atoms with Gasteiger partial charge in [0.2, 0.25) is 5.95 Å². The second kappa shape index (κ2) is 4.97. The Bertz CT molecular complexity index is 814. The van der Waals surface area contributed by atoms with Crippen molar-refractivity contribution in [1.82, 2.24) is 20.2 Å². The summed E-state index contributed by atoms with van der Waals surface area (Å²) in [5, 5.41) is 12.7. The van der Waals surface area contributed by atoms with Crippen LogP contribution in [0.25, 0.3) is 11.0 Å². The molecule has 0 saturated heterocycles. The SMILES string of the molecule is CNc1nc(Nc2cc(F)c(C)cc2F)c2cn[nH]c2n1. The third-order valence-corrected chi connectivity index (χ3v) is 3.03. The Labute approximate surface area is 118 Å². The van der Waals surface area contributed by atoms with Crippen molar-refractivity contribution in [2.45, 2.75) is 6.92 Å². The zero-order valence-electron chi connectivity index (χ0n) is 11.3. The molecule has 0 aliphatic rings. The van der Waals surface area contributed by atoms with Crippen LogP contribution in [0, 0.1) is 18.6 Å². The number of anilines is 3. The number of aromatic nitrogens is 4. The molecule has 0 unspecified atom stereocenters. The molecule has 8 heteroatoms. The van der Waals surface area contributed by atoms with Gasteiger partial charge in [0.05, 0.1) is 17.3 Å². The minimum Gasteiger partial charge on any atom is -0.357 e. The Morgan fingerprint density at radius 2 is 1.95 bits per heavy atom.